The summed E-state index contributed by atoms with van der Waals surface area (Å²) in [6.07, 6.45) is 13.1. The molecule has 2 heteroatoms. The number of aliphatic hydroxyl groups excluding tert-OH is 1. The molecule has 2 nitrogen and oxygen atoms in total. The Balaban J connectivity index is 1.52. The van der Waals surface area contributed by atoms with Crippen LogP contribution in [0.1, 0.15) is 86.0 Å². The van der Waals surface area contributed by atoms with Gasteiger partial charge in [-0.1, -0.05) is 45.4 Å². The van der Waals surface area contributed by atoms with E-state index in [1.807, 2.05) is 6.08 Å². The number of rotatable bonds is 5. The zero-order valence-corrected chi connectivity index (χ0v) is 19.8. The second kappa shape index (κ2) is 7.68. The molecule has 166 valence electrons. The molecule has 0 aliphatic heterocycles. The maximum atomic E-state index is 13.1. The van der Waals surface area contributed by atoms with Crippen LogP contribution in [0.5, 0.6) is 0 Å². The summed E-state index contributed by atoms with van der Waals surface area (Å²) in [6, 6.07) is 0. The molecular formula is C28H42O2. The molecule has 0 bridgehead atoms. The highest BCUT2D eigenvalue weighted by atomic mass is 16.3. The van der Waals surface area contributed by atoms with Gasteiger partial charge in [-0.15, -0.1) is 0 Å². The van der Waals surface area contributed by atoms with Crippen LogP contribution in [0.3, 0.4) is 0 Å². The van der Waals surface area contributed by atoms with Crippen molar-refractivity contribution in [2.75, 3.05) is 0 Å². The molecule has 1 N–H and O–H groups in total. The van der Waals surface area contributed by atoms with Crippen LogP contribution in [-0.2, 0) is 4.79 Å². The van der Waals surface area contributed by atoms with Crippen LogP contribution in [0.15, 0.2) is 35.6 Å². The summed E-state index contributed by atoms with van der Waals surface area (Å²) in [7, 11) is 0. The Hall–Kier alpha value is -1.31. The van der Waals surface area contributed by atoms with Gasteiger partial charge in [0.1, 0.15) is 5.76 Å². The topological polar surface area (TPSA) is 37.3 Å². The van der Waals surface area contributed by atoms with Gasteiger partial charge in [0.25, 0.3) is 0 Å². The zero-order chi connectivity index (χ0) is 21.8. The van der Waals surface area contributed by atoms with Crippen LogP contribution in [0.25, 0.3) is 0 Å². The summed E-state index contributed by atoms with van der Waals surface area (Å²) in [4.78, 5) is 13.1. The number of fused-ring (bicyclic) bond motifs is 5. The van der Waals surface area contributed by atoms with E-state index in [4.69, 9.17) is 0 Å². The Kier molecular flexibility index (Phi) is 5.61. The third-order valence-corrected chi connectivity index (χ3v) is 10.2. The highest BCUT2D eigenvalue weighted by molar-refractivity contribution is 5.99. The van der Waals surface area contributed by atoms with Gasteiger partial charge in [-0.3, -0.25) is 4.79 Å². The summed E-state index contributed by atoms with van der Waals surface area (Å²) < 4.78 is 0. The normalized spacial score (nSPS) is 41.5. The predicted octanol–water partition coefficient (Wildman–Crippen LogP) is 7.42. The SMILES string of the molecule is C=C(CC[C@H](C)[C@H]1CC[C@H]2[C@@H]3CCC4=CC(O)=CC(=O)[C@]4(C)[C@H]3CC[C@]12C)C(C)C. The molecule has 0 heterocycles. The summed E-state index contributed by atoms with van der Waals surface area (Å²) in [5.74, 6) is 4.30. The average Bonchev–Trinajstić information content (AvgIpc) is 3.04. The van der Waals surface area contributed by atoms with Crippen LogP contribution < -0.4 is 0 Å². The first-order chi connectivity index (χ1) is 14.1. The summed E-state index contributed by atoms with van der Waals surface area (Å²) in [6.45, 7) is 16.1. The number of carbonyl (C=O) groups is 1. The van der Waals surface area contributed by atoms with Crippen molar-refractivity contribution in [2.45, 2.75) is 86.0 Å². The predicted molar refractivity (Wildman–Crippen MR) is 124 cm³/mol. The maximum Gasteiger partial charge on any atom is 0.169 e. The number of allylic oxidation sites excluding steroid dienone is 4. The monoisotopic (exact) mass is 410 g/mol. The van der Waals surface area contributed by atoms with E-state index >= 15 is 0 Å². The van der Waals surface area contributed by atoms with Crippen LogP contribution in [-0.4, -0.2) is 10.9 Å². The minimum absolute atomic E-state index is 0.144. The minimum atomic E-state index is -0.380. The standard InChI is InChI=1S/C28H42O2/c1-17(2)18(3)7-8-19(4)23-11-12-24-22-10-9-20-15-21(29)16-26(30)28(20,6)25(22)13-14-27(23,24)5/h15-17,19,22-25,29H,3,7-14H2,1-2,4-6H3/t19-,22-,23+,24-,25-,27+,28-/m0/s1. The van der Waals surface area contributed by atoms with E-state index in [0.717, 1.165) is 30.6 Å². The van der Waals surface area contributed by atoms with E-state index in [9.17, 15) is 9.90 Å². The van der Waals surface area contributed by atoms with E-state index in [-0.39, 0.29) is 17.0 Å². The van der Waals surface area contributed by atoms with Crippen molar-refractivity contribution in [3.8, 4) is 0 Å². The van der Waals surface area contributed by atoms with E-state index in [1.54, 1.807) is 0 Å². The molecule has 7 atom stereocenters. The largest absolute Gasteiger partial charge is 0.508 e. The zero-order valence-electron chi connectivity index (χ0n) is 19.8. The second-order valence-corrected chi connectivity index (χ2v) is 11.8. The van der Waals surface area contributed by atoms with E-state index in [2.05, 4.69) is 41.2 Å². The summed E-state index contributed by atoms with van der Waals surface area (Å²) in [5.41, 5.74) is 2.63. The van der Waals surface area contributed by atoms with Gasteiger partial charge in [0.15, 0.2) is 5.78 Å². The van der Waals surface area contributed by atoms with Crippen molar-refractivity contribution in [1.29, 1.82) is 0 Å². The molecule has 0 spiro atoms. The first-order valence-corrected chi connectivity index (χ1v) is 12.4. The molecule has 4 rings (SSSR count). The fourth-order valence-electron chi connectivity index (χ4n) is 8.17. The van der Waals surface area contributed by atoms with Gasteiger partial charge >= 0.3 is 0 Å². The van der Waals surface area contributed by atoms with Crippen molar-refractivity contribution in [3.05, 3.63) is 35.6 Å². The number of ketones is 1. The molecule has 0 saturated heterocycles. The van der Waals surface area contributed by atoms with Gasteiger partial charge in [-0.05, 0) is 105 Å². The number of hydrogen-bond acceptors (Lipinski definition) is 2. The highest BCUT2D eigenvalue weighted by Gasteiger charge is 2.60. The van der Waals surface area contributed by atoms with Crippen molar-refractivity contribution >= 4 is 5.78 Å². The van der Waals surface area contributed by atoms with Gasteiger partial charge in [0.2, 0.25) is 0 Å². The first-order valence-electron chi connectivity index (χ1n) is 12.4. The fraction of sp³-hybridized carbons (Fsp3) is 0.750. The Morgan fingerprint density at radius 3 is 2.57 bits per heavy atom. The number of carbonyl (C=O) groups excluding carboxylic acids is 1. The summed E-state index contributed by atoms with van der Waals surface area (Å²) in [5, 5.41) is 10.00. The lowest BCUT2D eigenvalue weighted by atomic mass is 9.46. The van der Waals surface area contributed by atoms with Crippen LogP contribution in [0, 0.1) is 46.3 Å². The molecule has 4 aliphatic rings. The minimum Gasteiger partial charge on any atom is -0.508 e. The average molecular weight is 411 g/mol. The van der Waals surface area contributed by atoms with Crippen LogP contribution in [0.4, 0.5) is 0 Å². The molecule has 0 aromatic carbocycles. The second-order valence-electron chi connectivity index (χ2n) is 11.8. The first kappa shape index (κ1) is 21.9. The summed E-state index contributed by atoms with van der Waals surface area (Å²) >= 11 is 0. The highest BCUT2D eigenvalue weighted by Crippen LogP contribution is 2.67. The van der Waals surface area contributed by atoms with E-state index in [0.29, 0.717) is 23.2 Å². The Morgan fingerprint density at radius 1 is 1.13 bits per heavy atom. The molecule has 30 heavy (non-hydrogen) atoms. The Bertz CT molecular complexity index is 786. The Morgan fingerprint density at radius 2 is 1.87 bits per heavy atom. The van der Waals surface area contributed by atoms with Crippen LogP contribution >= 0.6 is 0 Å². The molecule has 0 aromatic heterocycles. The quantitative estimate of drug-likeness (QED) is 0.479. The molecule has 0 radical (unpaired) electrons. The van der Waals surface area contributed by atoms with Crippen molar-refractivity contribution < 1.29 is 9.90 Å². The lowest BCUT2D eigenvalue weighted by Crippen LogP contribution is -2.53. The molecule has 0 aromatic rings. The third-order valence-electron chi connectivity index (χ3n) is 10.2. The molecule has 0 unspecified atom stereocenters. The third kappa shape index (κ3) is 3.24. The van der Waals surface area contributed by atoms with E-state index < -0.39 is 0 Å². The molecule has 3 saturated carbocycles. The van der Waals surface area contributed by atoms with Crippen LogP contribution in [0.2, 0.25) is 0 Å². The molecular weight excluding hydrogens is 368 g/mol. The van der Waals surface area contributed by atoms with Gasteiger partial charge in [-0.25, -0.2) is 0 Å². The lowest BCUT2D eigenvalue weighted by Gasteiger charge is -2.57. The van der Waals surface area contributed by atoms with Gasteiger partial charge in [0.05, 0.1) is 5.41 Å². The van der Waals surface area contributed by atoms with Gasteiger partial charge in [0, 0.05) is 6.08 Å². The number of hydrogen-bond donors (Lipinski definition) is 1. The van der Waals surface area contributed by atoms with Crippen molar-refractivity contribution in [2.24, 2.45) is 46.3 Å². The smallest absolute Gasteiger partial charge is 0.169 e. The fourth-order valence-corrected chi connectivity index (χ4v) is 8.17. The van der Waals surface area contributed by atoms with Crippen molar-refractivity contribution in [1.82, 2.24) is 0 Å². The van der Waals surface area contributed by atoms with Gasteiger partial charge in [-0.2, -0.15) is 0 Å². The molecule has 0 amide bonds. The van der Waals surface area contributed by atoms with E-state index in [1.165, 1.54) is 55.7 Å². The number of aliphatic hydroxyl groups is 1. The Labute approximate surface area is 183 Å². The lowest BCUT2D eigenvalue weighted by molar-refractivity contribution is -0.132. The molecule has 4 aliphatic carbocycles. The van der Waals surface area contributed by atoms with Gasteiger partial charge < -0.3 is 5.11 Å². The molecule has 3 fully saturated rings. The van der Waals surface area contributed by atoms with Crippen molar-refractivity contribution in [3.63, 3.8) is 0 Å². The maximum absolute atomic E-state index is 13.1.